The zero-order chi connectivity index (χ0) is 44.7. The highest BCUT2D eigenvalue weighted by molar-refractivity contribution is 5.95. The number of unbranched alkanes of at least 4 members (excludes halogenated alkanes) is 1. The summed E-state index contributed by atoms with van der Waals surface area (Å²) in [6, 6.07) is 2.37. The van der Waals surface area contributed by atoms with Crippen LogP contribution in [-0.4, -0.2) is 108 Å². The van der Waals surface area contributed by atoms with E-state index in [4.69, 9.17) is 22.9 Å². The average Bonchev–Trinajstić information content (AvgIpc) is 3.16. The number of primary amides is 1. The molecule has 59 heavy (non-hydrogen) atoms. The molecule has 1 aromatic carbocycles. The van der Waals surface area contributed by atoms with Crippen molar-refractivity contribution in [1.29, 1.82) is 0 Å². The van der Waals surface area contributed by atoms with E-state index in [1.54, 1.807) is 13.8 Å². The van der Waals surface area contributed by atoms with Gasteiger partial charge in [0.25, 0.3) is 0 Å². The van der Waals surface area contributed by atoms with Gasteiger partial charge < -0.3 is 59.9 Å². The second-order valence-corrected chi connectivity index (χ2v) is 15.6. The number of carbonyl (C=O) groups excluding carboxylic acids is 6. The van der Waals surface area contributed by atoms with Crippen molar-refractivity contribution in [1.82, 2.24) is 31.9 Å². The van der Waals surface area contributed by atoms with E-state index < -0.39 is 90.1 Å². The lowest BCUT2D eigenvalue weighted by Crippen LogP contribution is -2.59. The van der Waals surface area contributed by atoms with Crippen LogP contribution in [0.1, 0.15) is 98.5 Å². The summed E-state index contributed by atoms with van der Waals surface area (Å²) in [5.41, 5.74) is 23.0. The SMILES string of the molecule is CCCC[C@H](NC(=O)[C@H](C)NC(=O)[C@H](CCC(=O)O)NC(=O)[C@H](Cc1ccccc1)NCC(CC(C)C)NC(=O)[C@@H](NC(=O)[C@@H](N)CCCN=C(N)N)C(C)C)C(N)=O. The summed E-state index contributed by atoms with van der Waals surface area (Å²) in [4.78, 5) is 94.5. The third-order valence-electron chi connectivity index (χ3n) is 9.40. The lowest BCUT2D eigenvalue weighted by molar-refractivity contribution is -0.138. The van der Waals surface area contributed by atoms with Crippen LogP contribution in [0.25, 0.3) is 0 Å². The van der Waals surface area contributed by atoms with Crippen molar-refractivity contribution in [2.45, 2.75) is 142 Å². The van der Waals surface area contributed by atoms with E-state index in [2.05, 4.69) is 36.9 Å². The van der Waals surface area contributed by atoms with E-state index in [-0.39, 0.29) is 37.2 Å². The van der Waals surface area contributed by atoms with Crippen LogP contribution < -0.4 is 54.8 Å². The molecule has 0 saturated heterocycles. The fourth-order valence-electron chi connectivity index (χ4n) is 6.07. The van der Waals surface area contributed by atoms with Crippen LogP contribution in [0.2, 0.25) is 0 Å². The quantitative estimate of drug-likeness (QED) is 0.0270. The number of amides is 6. The predicted molar refractivity (Wildman–Crippen MR) is 225 cm³/mol. The van der Waals surface area contributed by atoms with Crippen molar-refractivity contribution in [3.63, 3.8) is 0 Å². The van der Waals surface area contributed by atoms with E-state index in [1.165, 1.54) is 6.92 Å². The Morgan fingerprint density at radius 1 is 0.712 bits per heavy atom. The normalized spacial score (nSPS) is 14.7. The van der Waals surface area contributed by atoms with Crippen LogP contribution in [0.15, 0.2) is 35.3 Å². The van der Waals surface area contributed by atoms with Gasteiger partial charge in [-0.1, -0.05) is 77.8 Å². The summed E-state index contributed by atoms with van der Waals surface area (Å²) < 4.78 is 0. The van der Waals surface area contributed by atoms with Crippen LogP contribution in [-0.2, 0) is 40.0 Å². The molecule has 1 unspecified atom stereocenters. The monoisotopic (exact) mass is 832 g/mol. The zero-order valence-electron chi connectivity index (χ0n) is 35.4. The van der Waals surface area contributed by atoms with Crippen LogP contribution in [0.4, 0.5) is 0 Å². The molecule has 0 fully saturated rings. The highest BCUT2D eigenvalue weighted by atomic mass is 16.4. The first-order chi connectivity index (χ1) is 27.7. The van der Waals surface area contributed by atoms with E-state index in [0.29, 0.717) is 38.6 Å². The average molecular weight is 832 g/mol. The van der Waals surface area contributed by atoms with Gasteiger partial charge in [0.2, 0.25) is 35.4 Å². The van der Waals surface area contributed by atoms with E-state index in [9.17, 15) is 38.7 Å². The largest absolute Gasteiger partial charge is 0.481 e. The van der Waals surface area contributed by atoms with Gasteiger partial charge in [-0.25, -0.2) is 0 Å². The molecule has 0 aliphatic carbocycles. The van der Waals surface area contributed by atoms with Gasteiger partial charge in [0.1, 0.15) is 24.2 Å². The van der Waals surface area contributed by atoms with Crippen molar-refractivity contribution in [3.8, 4) is 0 Å². The number of hydrogen-bond donors (Lipinski definition) is 11. The Kier molecular flexibility index (Phi) is 24.0. The molecule has 0 heterocycles. The minimum atomic E-state index is -1.35. The number of aliphatic imine (C=N–C) groups is 1. The molecule has 0 aliphatic heterocycles. The van der Waals surface area contributed by atoms with Gasteiger partial charge in [-0.15, -0.1) is 0 Å². The molecule has 1 rings (SSSR count). The molecule has 0 bridgehead atoms. The first-order valence-corrected chi connectivity index (χ1v) is 20.4. The Morgan fingerprint density at radius 2 is 1.34 bits per heavy atom. The molecule has 15 N–H and O–H groups in total. The standard InChI is InChI=1S/C40H69N11O8/c1-7-8-16-29(34(42)54)49-35(55)25(6)47-37(57)30(17-18-32(52)53)50-38(58)31(21-26-13-10-9-11-14-26)46-22-27(20-23(2)3)48-39(59)33(24(4)5)51-36(56)28(41)15-12-19-45-40(43)44/h9-11,13-14,23-25,27-31,33,46H,7-8,12,15-22,41H2,1-6H3,(H2,42,54)(H,47,57)(H,48,59)(H,49,55)(H,50,58)(H,51,56)(H,52,53)(H4,43,44,45)/t25-,27?,28-,29-,30-,31-,33-/m0/s1. The third-order valence-corrected chi connectivity index (χ3v) is 9.40. The number of carboxylic acid groups (broad SMARTS) is 1. The molecule has 1 aromatic rings. The van der Waals surface area contributed by atoms with Gasteiger partial charge in [-0.3, -0.25) is 38.6 Å². The molecule has 6 amide bonds. The number of benzene rings is 1. The lowest BCUT2D eigenvalue weighted by atomic mass is 9.99. The van der Waals surface area contributed by atoms with Gasteiger partial charge in [-0.05, 0) is 62.8 Å². The van der Waals surface area contributed by atoms with Gasteiger partial charge >= 0.3 is 5.97 Å². The third kappa shape index (κ3) is 21.3. The van der Waals surface area contributed by atoms with Crippen molar-refractivity contribution >= 4 is 47.4 Å². The van der Waals surface area contributed by atoms with Crippen molar-refractivity contribution in [2.75, 3.05) is 13.1 Å². The molecule has 19 nitrogen and oxygen atoms in total. The molecular weight excluding hydrogens is 763 g/mol. The van der Waals surface area contributed by atoms with Gasteiger partial charge in [0.15, 0.2) is 5.96 Å². The number of hydrogen-bond acceptors (Lipinski definition) is 10. The molecule has 0 aromatic heterocycles. The zero-order valence-corrected chi connectivity index (χ0v) is 35.4. The predicted octanol–water partition coefficient (Wildman–Crippen LogP) is -0.746. The first-order valence-electron chi connectivity index (χ1n) is 20.4. The number of carboxylic acids is 1. The molecule has 0 spiro atoms. The molecule has 0 aliphatic rings. The second-order valence-electron chi connectivity index (χ2n) is 15.6. The fourth-order valence-corrected chi connectivity index (χ4v) is 6.07. The fraction of sp³-hybridized carbons (Fsp3) is 0.650. The van der Waals surface area contributed by atoms with E-state index in [0.717, 1.165) is 12.0 Å². The summed E-state index contributed by atoms with van der Waals surface area (Å²) in [6.07, 6.45) is 2.40. The number of carbonyl (C=O) groups is 7. The second kappa shape index (κ2) is 27.4. The van der Waals surface area contributed by atoms with Crippen molar-refractivity contribution < 1.29 is 38.7 Å². The molecular formula is C40H69N11O8. The topological polar surface area (TPSA) is 328 Å². The maximum atomic E-state index is 14.0. The van der Waals surface area contributed by atoms with Gasteiger partial charge in [0, 0.05) is 25.6 Å². The summed E-state index contributed by atoms with van der Waals surface area (Å²) >= 11 is 0. The van der Waals surface area contributed by atoms with Crippen molar-refractivity contribution in [3.05, 3.63) is 35.9 Å². The van der Waals surface area contributed by atoms with Crippen LogP contribution in [0.3, 0.4) is 0 Å². The number of nitrogens with zero attached hydrogens (tertiary/aromatic N) is 1. The van der Waals surface area contributed by atoms with Gasteiger partial charge in [0.05, 0.1) is 12.1 Å². The Morgan fingerprint density at radius 3 is 1.90 bits per heavy atom. The number of nitrogens with two attached hydrogens (primary N) is 4. The molecule has 19 heteroatoms. The number of guanidine groups is 1. The summed E-state index contributed by atoms with van der Waals surface area (Å²) in [5, 5.41) is 26.2. The van der Waals surface area contributed by atoms with E-state index in [1.807, 2.05) is 51.1 Å². The number of nitrogens with one attached hydrogen (secondary N) is 6. The smallest absolute Gasteiger partial charge is 0.303 e. The minimum absolute atomic E-state index is 0.0622. The Bertz CT molecular complexity index is 1540. The Balaban J connectivity index is 3.23. The number of aliphatic carboxylic acids is 1. The van der Waals surface area contributed by atoms with E-state index >= 15 is 0 Å². The highest BCUT2D eigenvalue weighted by Crippen LogP contribution is 2.11. The number of rotatable bonds is 29. The van der Waals surface area contributed by atoms with Crippen LogP contribution in [0.5, 0.6) is 0 Å². The van der Waals surface area contributed by atoms with Crippen molar-refractivity contribution in [2.24, 2.45) is 39.8 Å². The Labute approximate surface area is 347 Å². The Hall–Kier alpha value is -5.30. The molecule has 0 saturated carbocycles. The lowest BCUT2D eigenvalue weighted by Gasteiger charge is -2.29. The first kappa shape index (κ1) is 51.7. The molecule has 0 radical (unpaired) electrons. The highest BCUT2D eigenvalue weighted by Gasteiger charge is 2.32. The van der Waals surface area contributed by atoms with Crippen LogP contribution in [0, 0.1) is 11.8 Å². The molecule has 332 valence electrons. The maximum Gasteiger partial charge on any atom is 0.303 e. The van der Waals surface area contributed by atoms with Gasteiger partial charge in [-0.2, -0.15) is 0 Å². The summed E-state index contributed by atoms with van der Waals surface area (Å²) in [6.45, 7) is 11.3. The van der Waals surface area contributed by atoms with Crippen LogP contribution >= 0.6 is 0 Å². The maximum absolute atomic E-state index is 14.0. The molecule has 7 atom stereocenters. The minimum Gasteiger partial charge on any atom is -0.481 e. The summed E-state index contributed by atoms with van der Waals surface area (Å²) in [7, 11) is 0. The summed E-state index contributed by atoms with van der Waals surface area (Å²) in [5.74, 6) is -5.20.